The Hall–Kier alpha value is -2.25. The van der Waals surface area contributed by atoms with Crippen molar-refractivity contribution in [3.8, 4) is 5.75 Å². The standard InChI is InChI=1S/C19H23ClN2O4S/c1-14-6-4-9-18(12-14)26-11-10-21-19(23)15(2)22(27(3,24)25)17-8-5-7-16(20)13-17/h4-9,12-13,15H,10-11H2,1-3H3,(H,21,23)/t15-/m1/s1. The molecule has 0 spiro atoms. The first-order valence-corrected chi connectivity index (χ1v) is 10.6. The summed E-state index contributed by atoms with van der Waals surface area (Å²) in [6.07, 6.45) is 1.05. The lowest BCUT2D eigenvalue weighted by atomic mass is 10.2. The second-order valence-electron chi connectivity index (χ2n) is 6.17. The number of sulfonamides is 1. The van der Waals surface area contributed by atoms with E-state index in [9.17, 15) is 13.2 Å². The molecule has 0 aliphatic heterocycles. The van der Waals surface area contributed by atoms with Gasteiger partial charge in [-0.1, -0.05) is 29.8 Å². The summed E-state index contributed by atoms with van der Waals surface area (Å²) in [4.78, 5) is 12.4. The number of rotatable bonds is 8. The highest BCUT2D eigenvalue weighted by Crippen LogP contribution is 2.24. The molecular formula is C19H23ClN2O4S. The summed E-state index contributed by atoms with van der Waals surface area (Å²) < 4.78 is 31.1. The number of ether oxygens (including phenoxy) is 1. The van der Waals surface area contributed by atoms with Gasteiger partial charge in [-0.05, 0) is 49.7 Å². The van der Waals surface area contributed by atoms with E-state index >= 15 is 0 Å². The van der Waals surface area contributed by atoms with E-state index in [1.54, 1.807) is 18.2 Å². The Morgan fingerprint density at radius 1 is 1.22 bits per heavy atom. The molecule has 0 unspecified atom stereocenters. The summed E-state index contributed by atoms with van der Waals surface area (Å²) in [5.74, 6) is 0.294. The van der Waals surface area contributed by atoms with Crippen LogP contribution in [0.15, 0.2) is 48.5 Å². The van der Waals surface area contributed by atoms with E-state index in [-0.39, 0.29) is 13.2 Å². The molecule has 0 bridgehead atoms. The molecule has 2 aromatic carbocycles. The Morgan fingerprint density at radius 2 is 1.93 bits per heavy atom. The maximum absolute atomic E-state index is 12.4. The molecule has 0 aliphatic carbocycles. The van der Waals surface area contributed by atoms with Crippen molar-refractivity contribution in [3.05, 3.63) is 59.1 Å². The summed E-state index contributed by atoms with van der Waals surface area (Å²) in [5, 5.41) is 3.09. The maximum Gasteiger partial charge on any atom is 0.243 e. The van der Waals surface area contributed by atoms with Gasteiger partial charge in [0.2, 0.25) is 15.9 Å². The lowest BCUT2D eigenvalue weighted by molar-refractivity contribution is -0.121. The normalized spacial score (nSPS) is 12.3. The number of hydrogen-bond donors (Lipinski definition) is 1. The zero-order chi connectivity index (χ0) is 20.0. The number of amides is 1. The Kier molecular flexibility index (Phi) is 7.10. The highest BCUT2D eigenvalue weighted by atomic mass is 35.5. The maximum atomic E-state index is 12.4. The smallest absolute Gasteiger partial charge is 0.243 e. The molecule has 27 heavy (non-hydrogen) atoms. The molecule has 146 valence electrons. The number of carbonyl (C=O) groups is 1. The minimum Gasteiger partial charge on any atom is -0.492 e. The van der Waals surface area contributed by atoms with Crippen LogP contribution in [0.4, 0.5) is 5.69 Å². The summed E-state index contributed by atoms with van der Waals surface area (Å²) >= 11 is 5.96. The first-order valence-electron chi connectivity index (χ1n) is 8.40. The molecule has 0 radical (unpaired) electrons. The van der Waals surface area contributed by atoms with Crippen LogP contribution in [0.2, 0.25) is 5.02 Å². The predicted molar refractivity (Wildman–Crippen MR) is 108 cm³/mol. The van der Waals surface area contributed by atoms with Crippen molar-refractivity contribution in [3.63, 3.8) is 0 Å². The number of nitrogens with zero attached hydrogens (tertiary/aromatic N) is 1. The van der Waals surface area contributed by atoms with Gasteiger partial charge in [-0.2, -0.15) is 0 Å². The summed E-state index contributed by atoms with van der Waals surface area (Å²) in [6.45, 7) is 4.02. The lowest BCUT2D eigenvalue weighted by Crippen LogP contribution is -2.48. The fraction of sp³-hybridized carbons (Fsp3) is 0.316. The number of hydrogen-bond acceptors (Lipinski definition) is 4. The van der Waals surface area contributed by atoms with E-state index in [1.165, 1.54) is 13.0 Å². The number of anilines is 1. The molecule has 2 rings (SSSR count). The topological polar surface area (TPSA) is 75.7 Å². The van der Waals surface area contributed by atoms with Crippen molar-refractivity contribution in [2.75, 3.05) is 23.7 Å². The molecule has 1 amide bonds. The highest BCUT2D eigenvalue weighted by molar-refractivity contribution is 7.92. The number of aryl methyl sites for hydroxylation is 1. The number of nitrogens with one attached hydrogen (secondary N) is 1. The Morgan fingerprint density at radius 3 is 2.56 bits per heavy atom. The van der Waals surface area contributed by atoms with Crippen LogP contribution in [-0.2, 0) is 14.8 Å². The number of halogens is 1. The third-order valence-electron chi connectivity index (χ3n) is 3.81. The van der Waals surface area contributed by atoms with Crippen LogP contribution in [0.3, 0.4) is 0 Å². The molecule has 0 heterocycles. The molecule has 1 atom stereocenters. The van der Waals surface area contributed by atoms with Crippen molar-refractivity contribution in [1.29, 1.82) is 0 Å². The SMILES string of the molecule is Cc1cccc(OCCNC(=O)[C@@H](C)N(c2cccc(Cl)c2)S(C)(=O)=O)c1. The van der Waals surface area contributed by atoms with Gasteiger partial charge in [0, 0.05) is 5.02 Å². The second-order valence-corrected chi connectivity index (χ2v) is 8.47. The summed E-state index contributed by atoms with van der Waals surface area (Å²) in [7, 11) is -3.67. The average molecular weight is 411 g/mol. The van der Waals surface area contributed by atoms with Crippen LogP contribution in [0, 0.1) is 6.92 Å². The van der Waals surface area contributed by atoms with E-state index in [2.05, 4.69) is 5.32 Å². The predicted octanol–water partition coefficient (Wildman–Crippen LogP) is 3.00. The lowest BCUT2D eigenvalue weighted by Gasteiger charge is -2.28. The molecule has 8 heteroatoms. The van der Waals surface area contributed by atoms with Gasteiger partial charge in [-0.25, -0.2) is 8.42 Å². The zero-order valence-electron chi connectivity index (χ0n) is 15.5. The van der Waals surface area contributed by atoms with Gasteiger partial charge in [-0.3, -0.25) is 9.10 Å². The van der Waals surface area contributed by atoms with Gasteiger partial charge in [0.25, 0.3) is 0 Å². The van der Waals surface area contributed by atoms with Gasteiger partial charge >= 0.3 is 0 Å². The fourth-order valence-electron chi connectivity index (χ4n) is 2.62. The van der Waals surface area contributed by atoms with E-state index < -0.39 is 22.0 Å². The van der Waals surface area contributed by atoms with Gasteiger partial charge < -0.3 is 10.1 Å². The molecule has 0 aromatic heterocycles. The van der Waals surface area contributed by atoms with Crippen LogP contribution in [0.25, 0.3) is 0 Å². The van der Waals surface area contributed by atoms with E-state index in [4.69, 9.17) is 16.3 Å². The Balaban J connectivity index is 1.98. The first kappa shape index (κ1) is 21.1. The van der Waals surface area contributed by atoms with Crippen molar-refractivity contribution in [2.24, 2.45) is 0 Å². The Labute approximate surface area is 165 Å². The van der Waals surface area contributed by atoms with Crippen LogP contribution in [-0.4, -0.2) is 39.8 Å². The second kappa shape index (κ2) is 9.10. The monoisotopic (exact) mass is 410 g/mol. The quantitative estimate of drug-likeness (QED) is 0.679. The van der Waals surface area contributed by atoms with E-state index in [0.717, 1.165) is 16.1 Å². The van der Waals surface area contributed by atoms with Crippen molar-refractivity contribution in [1.82, 2.24) is 5.32 Å². The molecule has 2 aromatic rings. The molecule has 0 aliphatic rings. The molecular weight excluding hydrogens is 388 g/mol. The van der Waals surface area contributed by atoms with Crippen molar-refractivity contribution >= 4 is 33.2 Å². The molecule has 0 saturated heterocycles. The van der Waals surface area contributed by atoms with E-state index in [1.807, 2.05) is 31.2 Å². The minimum atomic E-state index is -3.67. The summed E-state index contributed by atoms with van der Waals surface area (Å²) in [6, 6.07) is 13.0. The fourth-order valence-corrected chi connectivity index (χ4v) is 3.97. The van der Waals surface area contributed by atoms with Crippen LogP contribution >= 0.6 is 11.6 Å². The minimum absolute atomic E-state index is 0.254. The van der Waals surface area contributed by atoms with Crippen LogP contribution < -0.4 is 14.4 Å². The van der Waals surface area contributed by atoms with Gasteiger partial charge in [0.15, 0.2) is 0 Å². The van der Waals surface area contributed by atoms with E-state index in [0.29, 0.717) is 16.5 Å². The third kappa shape index (κ3) is 6.15. The van der Waals surface area contributed by atoms with Crippen LogP contribution in [0.5, 0.6) is 5.75 Å². The third-order valence-corrected chi connectivity index (χ3v) is 5.29. The zero-order valence-corrected chi connectivity index (χ0v) is 17.0. The molecule has 0 saturated carbocycles. The first-order chi connectivity index (χ1) is 12.7. The molecule has 6 nitrogen and oxygen atoms in total. The Bertz CT molecular complexity index is 902. The highest BCUT2D eigenvalue weighted by Gasteiger charge is 2.29. The van der Waals surface area contributed by atoms with Gasteiger partial charge in [0.05, 0.1) is 18.5 Å². The average Bonchev–Trinajstić information content (AvgIpc) is 2.57. The van der Waals surface area contributed by atoms with Gasteiger partial charge in [-0.15, -0.1) is 0 Å². The van der Waals surface area contributed by atoms with Crippen molar-refractivity contribution < 1.29 is 17.9 Å². The summed E-state index contributed by atoms with van der Waals surface area (Å²) in [5.41, 5.74) is 1.42. The number of benzene rings is 2. The van der Waals surface area contributed by atoms with Gasteiger partial charge in [0.1, 0.15) is 18.4 Å². The van der Waals surface area contributed by atoms with Crippen molar-refractivity contribution in [2.45, 2.75) is 19.9 Å². The largest absolute Gasteiger partial charge is 0.492 e. The number of carbonyl (C=O) groups excluding carboxylic acids is 1. The van der Waals surface area contributed by atoms with Crippen LogP contribution in [0.1, 0.15) is 12.5 Å². The molecule has 0 fully saturated rings. The molecule has 1 N–H and O–H groups in total.